The number of esters is 1. The summed E-state index contributed by atoms with van der Waals surface area (Å²) in [6, 6.07) is 0. The maximum Gasteiger partial charge on any atom is 0.302 e. The fourth-order valence-electron chi connectivity index (χ4n) is 4.24. The quantitative estimate of drug-likeness (QED) is 0.695. The van der Waals surface area contributed by atoms with Crippen LogP contribution in [0.15, 0.2) is 0 Å². The summed E-state index contributed by atoms with van der Waals surface area (Å²) < 4.78 is 5.47. The molecule has 2 aliphatic carbocycles. The summed E-state index contributed by atoms with van der Waals surface area (Å²) in [5, 5.41) is 0. The summed E-state index contributed by atoms with van der Waals surface area (Å²) in [6.07, 6.45) is 2.50. The van der Waals surface area contributed by atoms with Crippen LogP contribution in [0.25, 0.3) is 0 Å². The highest BCUT2D eigenvalue weighted by molar-refractivity contribution is 5.85. The number of ketones is 1. The van der Waals surface area contributed by atoms with Gasteiger partial charge in [0.25, 0.3) is 0 Å². The van der Waals surface area contributed by atoms with Crippen LogP contribution in [0.5, 0.6) is 0 Å². The van der Waals surface area contributed by atoms with E-state index in [0.717, 1.165) is 12.8 Å². The first-order valence-corrected chi connectivity index (χ1v) is 6.36. The summed E-state index contributed by atoms with van der Waals surface area (Å²) in [4.78, 5) is 23.3. The second-order valence-corrected chi connectivity index (χ2v) is 6.48. The van der Waals surface area contributed by atoms with E-state index in [9.17, 15) is 9.59 Å². The predicted molar refractivity (Wildman–Crippen MR) is 64.4 cm³/mol. The van der Waals surface area contributed by atoms with Gasteiger partial charge in [-0.05, 0) is 31.6 Å². The average molecular weight is 238 g/mol. The fourth-order valence-corrected chi connectivity index (χ4v) is 4.24. The van der Waals surface area contributed by atoms with Crippen LogP contribution in [0.4, 0.5) is 0 Å². The van der Waals surface area contributed by atoms with Crippen molar-refractivity contribution in [2.45, 2.75) is 60.0 Å². The maximum atomic E-state index is 12.1. The SMILES string of the molecule is CC(=O)OC1CC2(C(C)=O)CCC1(C)C2(C)C. The standard InChI is InChI=1S/C14H22O3/c1-9(15)14-7-6-13(5,12(14,3)4)11(8-14)17-10(2)16/h11H,6-8H2,1-5H3. The van der Waals surface area contributed by atoms with Crippen molar-refractivity contribution in [1.29, 1.82) is 0 Å². The lowest BCUT2D eigenvalue weighted by atomic mass is 9.63. The topological polar surface area (TPSA) is 43.4 Å². The van der Waals surface area contributed by atoms with Crippen LogP contribution in [0.2, 0.25) is 0 Å². The Morgan fingerprint density at radius 2 is 1.71 bits per heavy atom. The van der Waals surface area contributed by atoms with E-state index in [1.54, 1.807) is 6.92 Å². The van der Waals surface area contributed by atoms with Crippen LogP contribution in [0.3, 0.4) is 0 Å². The molecule has 2 fully saturated rings. The Kier molecular flexibility index (Phi) is 2.47. The Balaban J connectivity index is 2.42. The Morgan fingerprint density at radius 3 is 2.12 bits per heavy atom. The minimum absolute atomic E-state index is 0.0651. The zero-order valence-electron chi connectivity index (χ0n) is 11.4. The molecule has 3 heteroatoms. The second kappa shape index (κ2) is 3.33. The van der Waals surface area contributed by atoms with Crippen LogP contribution in [0.1, 0.15) is 53.9 Å². The Hall–Kier alpha value is -0.860. The molecule has 2 bridgehead atoms. The molecule has 0 amide bonds. The minimum atomic E-state index is -0.290. The second-order valence-electron chi connectivity index (χ2n) is 6.48. The first-order chi connectivity index (χ1) is 7.67. The smallest absolute Gasteiger partial charge is 0.302 e. The number of hydrogen-bond acceptors (Lipinski definition) is 3. The molecule has 17 heavy (non-hydrogen) atoms. The lowest BCUT2D eigenvalue weighted by Crippen LogP contribution is -2.40. The summed E-state index contributed by atoms with van der Waals surface area (Å²) >= 11 is 0. The molecule has 3 nitrogen and oxygen atoms in total. The molecule has 0 heterocycles. The van der Waals surface area contributed by atoms with Crippen molar-refractivity contribution in [3.05, 3.63) is 0 Å². The zero-order chi connectivity index (χ0) is 13.1. The van der Waals surface area contributed by atoms with Crippen molar-refractivity contribution in [3.63, 3.8) is 0 Å². The first kappa shape index (κ1) is 12.6. The van der Waals surface area contributed by atoms with E-state index in [-0.39, 0.29) is 34.1 Å². The van der Waals surface area contributed by atoms with Gasteiger partial charge < -0.3 is 4.74 Å². The van der Waals surface area contributed by atoms with Crippen LogP contribution in [0, 0.1) is 16.2 Å². The summed E-state index contributed by atoms with van der Waals surface area (Å²) in [7, 11) is 0. The lowest BCUT2D eigenvalue weighted by molar-refractivity contribution is -0.154. The molecule has 0 aromatic rings. The van der Waals surface area contributed by atoms with Gasteiger partial charge >= 0.3 is 5.97 Å². The van der Waals surface area contributed by atoms with E-state index in [4.69, 9.17) is 4.74 Å². The van der Waals surface area contributed by atoms with Gasteiger partial charge in [0.15, 0.2) is 0 Å². The third-order valence-electron chi connectivity index (χ3n) is 5.92. The van der Waals surface area contributed by atoms with Gasteiger partial charge in [-0.2, -0.15) is 0 Å². The molecule has 0 N–H and O–H groups in total. The Morgan fingerprint density at radius 1 is 1.12 bits per heavy atom. The normalized spacial score (nSPS) is 42.5. The van der Waals surface area contributed by atoms with Gasteiger partial charge in [0.05, 0.1) is 0 Å². The molecule has 96 valence electrons. The molecule has 3 atom stereocenters. The highest BCUT2D eigenvalue weighted by Crippen LogP contribution is 2.73. The Bertz CT molecular complexity index is 385. The van der Waals surface area contributed by atoms with Crippen molar-refractivity contribution in [2.24, 2.45) is 16.2 Å². The van der Waals surface area contributed by atoms with E-state index in [0.29, 0.717) is 6.42 Å². The van der Waals surface area contributed by atoms with Gasteiger partial charge in [0.1, 0.15) is 11.9 Å². The fraction of sp³-hybridized carbons (Fsp3) is 0.857. The largest absolute Gasteiger partial charge is 0.462 e. The van der Waals surface area contributed by atoms with Crippen molar-refractivity contribution >= 4 is 11.8 Å². The summed E-state index contributed by atoms with van der Waals surface area (Å²) in [5.74, 6) is 0.0131. The number of hydrogen-bond donors (Lipinski definition) is 0. The van der Waals surface area contributed by atoms with E-state index < -0.39 is 0 Å². The maximum absolute atomic E-state index is 12.1. The molecule has 0 aliphatic heterocycles. The van der Waals surface area contributed by atoms with Gasteiger partial charge in [-0.25, -0.2) is 0 Å². The van der Waals surface area contributed by atoms with E-state index in [1.165, 1.54) is 6.92 Å². The molecule has 0 aromatic heterocycles. The number of ether oxygens (including phenoxy) is 1. The number of carbonyl (C=O) groups excluding carboxylic acids is 2. The third kappa shape index (κ3) is 1.28. The number of rotatable bonds is 2. The van der Waals surface area contributed by atoms with Crippen molar-refractivity contribution in [3.8, 4) is 0 Å². The molecule has 2 saturated carbocycles. The highest BCUT2D eigenvalue weighted by atomic mass is 16.5. The van der Waals surface area contributed by atoms with Crippen LogP contribution in [-0.2, 0) is 14.3 Å². The molecule has 2 aliphatic rings. The van der Waals surface area contributed by atoms with Gasteiger partial charge in [-0.15, -0.1) is 0 Å². The highest BCUT2D eigenvalue weighted by Gasteiger charge is 2.72. The average Bonchev–Trinajstić information content (AvgIpc) is 2.47. The summed E-state index contributed by atoms with van der Waals surface area (Å²) in [6.45, 7) is 9.61. The Labute approximate surface area is 103 Å². The van der Waals surface area contributed by atoms with E-state index >= 15 is 0 Å². The van der Waals surface area contributed by atoms with Crippen molar-refractivity contribution in [2.75, 3.05) is 0 Å². The number of fused-ring (bicyclic) bond motifs is 2. The first-order valence-electron chi connectivity index (χ1n) is 6.36. The van der Waals surface area contributed by atoms with E-state index in [1.807, 2.05) is 0 Å². The molecule has 0 saturated heterocycles. The van der Waals surface area contributed by atoms with Gasteiger partial charge in [0, 0.05) is 17.8 Å². The molecule has 2 rings (SSSR count). The number of carbonyl (C=O) groups is 2. The van der Waals surface area contributed by atoms with Crippen LogP contribution < -0.4 is 0 Å². The summed E-state index contributed by atoms with van der Waals surface area (Å²) in [5.41, 5.74) is -0.446. The molecular formula is C14H22O3. The van der Waals surface area contributed by atoms with Gasteiger partial charge in [-0.1, -0.05) is 20.8 Å². The molecule has 0 spiro atoms. The third-order valence-corrected chi connectivity index (χ3v) is 5.92. The molecular weight excluding hydrogens is 216 g/mol. The van der Waals surface area contributed by atoms with Crippen LogP contribution >= 0.6 is 0 Å². The molecule has 3 unspecified atom stereocenters. The monoisotopic (exact) mass is 238 g/mol. The number of Topliss-reactive ketones (excluding diaryl/α,β-unsaturated/α-hetero) is 1. The molecule has 0 radical (unpaired) electrons. The minimum Gasteiger partial charge on any atom is -0.462 e. The lowest BCUT2D eigenvalue weighted by Gasteiger charge is -2.40. The van der Waals surface area contributed by atoms with Crippen molar-refractivity contribution < 1.29 is 14.3 Å². The van der Waals surface area contributed by atoms with E-state index in [2.05, 4.69) is 20.8 Å². The predicted octanol–water partition coefficient (Wildman–Crippen LogP) is 2.72. The van der Waals surface area contributed by atoms with Gasteiger partial charge in [-0.3, -0.25) is 9.59 Å². The zero-order valence-corrected chi connectivity index (χ0v) is 11.4. The van der Waals surface area contributed by atoms with Crippen molar-refractivity contribution in [1.82, 2.24) is 0 Å². The molecule has 0 aromatic carbocycles. The van der Waals surface area contributed by atoms with Gasteiger partial charge in [0.2, 0.25) is 0 Å². The van der Waals surface area contributed by atoms with Crippen LogP contribution in [-0.4, -0.2) is 17.9 Å².